The molecule has 9 nitrogen and oxygen atoms in total. The Hall–Kier alpha value is -4.23. The summed E-state index contributed by atoms with van der Waals surface area (Å²) in [5.74, 6) is -1.26. The lowest BCUT2D eigenvalue weighted by Crippen LogP contribution is -2.49. The van der Waals surface area contributed by atoms with E-state index in [4.69, 9.17) is 9.72 Å². The lowest BCUT2D eigenvalue weighted by molar-refractivity contribution is -0.128. The Balaban J connectivity index is 1.36. The normalized spacial score (nSPS) is 19.2. The summed E-state index contributed by atoms with van der Waals surface area (Å²) in [4.78, 5) is 29.7. The minimum Gasteiger partial charge on any atom is -0.475 e. The van der Waals surface area contributed by atoms with Gasteiger partial charge in [0.05, 0.1) is 17.9 Å². The van der Waals surface area contributed by atoms with Crippen molar-refractivity contribution >= 4 is 28.1 Å². The molecule has 2 aromatic heterocycles. The topological polar surface area (TPSA) is 88.8 Å². The van der Waals surface area contributed by atoms with Crippen molar-refractivity contribution in [1.29, 1.82) is 5.26 Å². The molecule has 6 rings (SSSR count). The Bertz CT molecular complexity index is 1520. The number of rotatable bonds is 6. The highest BCUT2D eigenvalue weighted by molar-refractivity contribution is 5.94. The van der Waals surface area contributed by atoms with Crippen molar-refractivity contribution in [2.45, 2.75) is 31.8 Å². The number of benzene rings is 1. The van der Waals surface area contributed by atoms with Crippen LogP contribution in [-0.2, 0) is 17.8 Å². The molecule has 0 bridgehead atoms. The summed E-state index contributed by atoms with van der Waals surface area (Å²) in [7, 11) is 2.10. The van der Waals surface area contributed by atoms with Crippen molar-refractivity contribution < 1.29 is 13.9 Å². The number of likely N-dealkylation sites (N-methyl/N-ethyl adjacent to an activating group) is 1. The summed E-state index contributed by atoms with van der Waals surface area (Å²) in [6.45, 7) is 7.67. The molecule has 3 aliphatic heterocycles. The zero-order valence-electron chi connectivity index (χ0n) is 23.4. The van der Waals surface area contributed by atoms with Crippen LogP contribution in [0, 0.1) is 11.3 Å². The number of halogens is 1. The number of ether oxygens (including phenoxy) is 1. The van der Waals surface area contributed by atoms with Gasteiger partial charge >= 0.3 is 0 Å². The van der Waals surface area contributed by atoms with Gasteiger partial charge in [-0.2, -0.15) is 5.26 Å². The van der Waals surface area contributed by atoms with Crippen LogP contribution in [0.3, 0.4) is 0 Å². The number of amides is 1. The molecule has 0 unspecified atom stereocenters. The molecule has 0 spiro atoms. The first kappa shape index (κ1) is 27.0. The number of anilines is 2. The molecule has 2 fully saturated rings. The summed E-state index contributed by atoms with van der Waals surface area (Å²) in [6.07, 6.45) is 6.58. The van der Waals surface area contributed by atoms with Gasteiger partial charge in [-0.05, 0) is 45.0 Å². The molecule has 1 atom stereocenters. The van der Waals surface area contributed by atoms with E-state index in [9.17, 15) is 14.4 Å². The fourth-order valence-electron chi connectivity index (χ4n) is 6.35. The van der Waals surface area contributed by atoms with E-state index in [1.54, 1.807) is 0 Å². The third-order valence-corrected chi connectivity index (χ3v) is 8.60. The number of fused-ring (bicyclic) bond motifs is 2. The van der Waals surface area contributed by atoms with Gasteiger partial charge in [-0.3, -0.25) is 9.78 Å². The summed E-state index contributed by atoms with van der Waals surface area (Å²) in [5.41, 5.74) is 4.32. The Morgan fingerprint density at radius 2 is 2.00 bits per heavy atom. The van der Waals surface area contributed by atoms with Crippen molar-refractivity contribution in [3.8, 4) is 11.9 Å². The maximum atomic E-state index is 13.5. The molecule has 41 heavy (non-hydrogen) atoms. The van der Waals surface area contributed by atoms with E-state index in [2.05, 4.69) is 51.5 Å². The molecule has 5 heterocycles. The van der Waals surface area contributed by atoms with E-state index in [0.29, 0.717) is 57.2 Å². The largest absolute Gasteiger partial charge is 0.475 e. The molecule has 3 aromatic rings. The highest BCUT2D eigenvalue weighted by atomic mass is 19.1. The van der Waals surface area contributed by atoms with Crippen molar-refractivity contribution in [3.05, 3.63) is 65.9 Å². The van der Waals surface area contributed by atoms with Gasteiger partial charge in [0.2, 0.25) is 5.88 Å². The van der Waals surface area contributed by atoms with Crippen LogP contribution in [-0.4, -0.2) is 84.6 Å². The van der Waals surface area contributed by atoms with Crippen LogP contribution in [0.5, 0.6) is 5.88 Å². The number of carbonyl (C=O) groups excluding carboxylic acids is 1. The Morgan fingerprint density at radius 1 is 1.17 bits per heavy atom. The number of hydrogen-bond donors (Lipinski definition) is 0. The first-order valence-corrected chi connectivity index (χ1v) is 14.2. The molecule has 2 saturated heterocycles. The smallest absolute Gasteiger partial charge is 0.282 e. The van der Waals surface area contributed by atoms with E-state index >= 15 is 0 Å². The van der Waals surface area contributed by atoms with Crippen LogP contribution < -0.4 is 14.5 Å². The Kier molecular flexibility index (Phi) is 7.45. The number of nitriles is 1. The van der Waals surface area contributed by atoms with Crippen LogP contribution in [0.25, 0.3) is 10.8 Å². The maximum Gasteiger partial charge on any atom is 0.282 e. The zero-order chi connectivity index (χ0) is 28.5. The molecule has 0 aliphatic carbocycles. The number of aromatic nitrogens is 2. The van der Waals surface area contributed by atoms with Crippen LogP contribution in [0.2, 0.25) is 0 Å². The first-order chi connectivity index (χ1) is 19.9. The summed E-state index contributed by atoms with van der Waals surface area (Å²) in [6, 6.07) is 11.0. The number of likely N-dealkylation sites (tertiary alicyclic amines) is 1. The standard InChI is InChI=1S/C31H34FN7O2/c1-21(32)31(40)38-15-13-37(14-16-38)29-25-9-12-39(28-7-3-5-22-18-34-10-8-24(22)28)19-27(25)35-30(26(29)17-33)41-20-23-6-4-11-36(23)2/h3,5,7-8,10,18,23H,1,4,6,9,11-16,19-20H2,2H3/t23-/m0/s1. The second-order valence-electron chi connectivity index (χ2n) is 11.0. The van der Waals surface area contributed by atoms with Crippen LogP contribution in [0.15, 0.2) is 49.1 Å². The predicted molar refractivity (Wildman–Crippen MR) is 156 cm³/mol. The van der Waals surface area contributed by atoms with Crippen LogP contribution in [0.4, 0.5) is 15.8 Å². The van der Waals surface area contributed by atoms with E-state index in [1.807, 2.05) is 24.5 Å². The minimum atomic E-state index is -0.950. The second kappa shape index (κ2) is 11.3. The molecule has 10 heteroatoms. The number of nitrogens with zero attached hydrogens (tertiary/aromatic N) is 7. The van der Waals surface area contributed by atoms with E-state index < -0.39 is 11.7 Å². The van der Waals surface area contributed by atoms with Crippen molar-refractivity contribution in [3.63, 3.8) is 0 Å². The highest BCUT2D eigenvalue weighted by Crippen LogP contribution is 2.39. The molecule has 3 aliphatic rings. The quantitative estimate of drug-likeness (QED) is 0.426. The van der Waals surface area contributed by atoms with E-state index in [-0.39, 0.29) is 6.04 Å². The summed E-state index contributed by atoms with van der Waals surface area (Å²) < 4.78 is 19.9. The fraction of sp³-hybridized carbons (Fsp3) is 0.419. The Morgan fingerprint density at radius 3 is 2.73 bits per heavy atom. The highest BCUT2D eigenvalue weighted by Gasteiger charge is 2.32. The third kappa shape index (κ3) is 5.18. The molecule has 212 valence electrons. The lowest BCUT2D eigenvalue weighted by atomic mass is 9.97. The van der Waals surface area contributed by atoms with Gasteiger partial charge in [-0.15, -0.1) is 0 Å². The van der Waals surface area contributed by atoms with Gasteiger partial charge in [0.15, 0.2) is 5.83 Å². The molecule has 1 aromatic carbocycles. The van der Waals surface area contributed by atoms with Crippen LogP contribution in [0.1, 0.15) is 29.7 Å². The molecule has 1 amide bonds. The van der Waals surface area contributed by atoms with Crippen molar-refractivity contribution in [2.75, 3.05) is 62.7 Å². The van der Waals surface area contributed by atoms with Crippen LogP contribution >= 0.6 is 0 Å². The Labute approximate surface area is 239 Å². The number of piperazine rings is 1. The van der Waals surface area contributed by atoms with Gasteiger partial charge in [0.25, 0.3) is 5.91 Å². The second-order valence-corrected chi connectivity index (χ2v) is 11.0. The van der Waals surface area contributed by atoms with Crippen molar-refractivity contribution in [2.24, 2.45) is 0 Å². The number of hydrogen-bond acceptors (Lipinski definition) is 8. The third-order valence-electron chi connectivity index (χ3n) is 8.60. The molecular formula is C31H34FN7O2. The van der Waals surface area contributed by atoms with Gasteiger partial charge in [0.1, 0.15) is 18.2 Å². The molecule has 0 radical (unpaired) electrons. The van der Waals surface area contributed by atoms with Gasteiger partial charge < -0.3 is 24.3 Å². The predicted octanol–water partition coefficient (Wildman–Crippen LogP) is 3.67. The summed E-state index contributed by atoms with van der Waals surface area (Å²) in [5, 5.41) is 12.6. The average molecular weight is 556 g/mol. The SMILES string of the molecule is C=C(F)C(=O)N1CCN(c2c(C#N)c(OC[C@@H]3CCCN3C)nc3c2CCN(c2cccc4cnccc24)C3)CC1. The maximum absolute atomic E-state index is 13.5. The monoisotopic (exact) mass is 555 g/mol. The molecular weight excluding hydrogens is 521 g/mol. The molecule has 0 saturated carbocycles. The van der Waals surface area contributed by atoms with Crippen molar-refractivity contribution in [1.82, 2.24) is 19.8 Å². The number of carbonyl (C=O) groups is 1. The average Bonchev–Trinajstić information content (AvgIpc) is 3.42. The van der Waals surface area contributed by atoms with Gasteiger partial charge in [-0.25, -0.2) is 9.37 Å². The fourth-order valence-corrected chi connectivity index (χ4v) is 6.35. The van der Waals surface area contributed by atoms with E-state index in [0.717, 1.165) is 59.3 Å². The molecule has 0 N–H and O–H groups in total. The van der Waals surface area contributed by atoms with Gasteiger partial charge in [0, 0.05) is 73.2 Å². The zero-order valence-corrected chi connectivity index (χ0v) is 23.4. The number of pyridine rings is 2. The van der Waals surface area contributed by atoms with E-state index in [1.165, 1.54) is 4.90 Å². The minimum absolute atomic E-state index is 0.284. The summed E-state index contributed by atoms with van der Waals surface area (Å²) >= 11 is 0. The van der Waals surface area contributed by atoms with Gasteiger partial charge in [-0.1, -0.05) is 18.7 Å². The first-order valence-electron chi connectivity index (χ1n) is 14.2. The lowest BCUT2D eigenvalue weighted by Gasteiger charge is -2.39.